The lowest BCUT2D eigenvalue weighted by Crippen LogP contribution is -2.41. The maximum atomic E-state index is 12.9. The molecule has 0 spiro atoms. The van der Waals surface area contributed by atoms with Crippen molar-refractivity contribution in [3.8, 4) is 11.8 Å². The number of aromatic nitrogens is 1. The molecule has 1 aromatic carbocycles. The number of nitrogens with two attached hydrogens (primary N) is 1. The lowest BCUT2D eigenvalue weighted by molar-refractivity contribution is -0.133. The van der Waals surface area contributed by atoms with Gasteiger partial charge in [-0.3, -0.25) is 14.2 Å². The second kappa shape index (κ2) is 8.26. The van der Waals surface area contributed by atoms with Gasteiger partial charge in [-0.15, -0.1) is 11.3 Å². The predicted molar refractivity (Wildman–Crippen MR) is 111 cm³/mol. The molecule has 1 unspecified atom stereocenters. The molecular weight excluding hydrogens is 408 g/mol. The second-order valence-corrected chi connectivity index (χ2v) is 7.22. The van der Waals surface area contributed by atoms with Gasteiger partial charge in [0.2, 0.25) is 0 Å². The summed E-state index contributed by atoms with van der Waals surface area (Å²) in [4.78, 5) is 37.4. The SMILES string of the molecule is CNC(=O)C1=c2sc(=CC(=O)OC)c(=O)n2C(N)=C(C#N)C1c1ccc(OC)cc1. The third-order valence-corrected chi connectivity index (χ3v) is 5.75. The zero-order valence-electron chi connectivity index (χ0n) is 16.4. The second-order valence-electron chi connectivity index (χ2n) is 6.19. The van der Waals surface area contributed by atoms with E-state index in [1.54, 1.807) is 24.3 Å². The van der Waals surface area contributed by atoms with Crippen LogP contribution in [0.1, 0.15) is 11.5 Å². The van der Waals surface area contributed by atoms with E-state index in [9.17, 15) is 19.6 Å². The number of esters is 1. The number of allylic oxidation sites excluding steroid dienone is 1. The number of carbonyl (C=O) groups excluding carboxylic acids is 2. The quantitative estimate of drug-likeness (QED) is 0.612. The first-order chi connectivity index (χ1) is 14.4. The number of methoxy groups -OCH3 is 2. The highest BCUT2D eigenvalue weighted by Crippen LogP contribution is 2.36. The highest BCUT2D eigenvalue weighted by atomic mass is 32.1. The Labute approximate surface area is 174 Å². The number of carbonyl (C=O) groups is 2. The van der Waals surface area contributed by atoms with Crippen molar-refractivity contribution < 1.29 is 19.1 Å². The molecule has 0 radical (unpaired) electrons. The number of thiazole rings is 1. The topological polar surface area (TPSA) is 136 Å². The molecule has 3 rings (SSSR count). The van der Waals surface area contributed by atoms with Crippen LogP contribution >= 0.6 is 11.3 Å². The van der Waals surface area contributed by atoms with Crippen LogP contribution in [0.15, 0.2) is 34.6 Å². The van der Waals surface area contributed by atoms with Crippen molar-refractivity contribution in [1.29, 1.82) is 5.26 Å². The molecule has 2 aromatic rings. The van der Waals surface area contributed by atoms with Gasteiger partial charge < -0.3 is 20.5 Å². The summed E-state index contributed by atoms with van der Waals surface area (Å²) in [6.07, 6.45) is 1.03. The molecule has 0 bridgehead atoms. The first-order valence-electron chi connectivity index (χ1n) is 8.69. The fraction of sp³-hybridized carbons (Fsp3) is 0.200. The minimum Gasteiger partial charge on any atom is -0.497 e. The Hall–Kier alpha value is -3.84. The van der Waals surface area contributed by atoms with Gasteiger partial charge >= 0.3 is 5.97 Å². The largest absolute Gasteiger partial charge is 0.497 e. The van der Waals surface area contributed by atoms with E-state index in [-0.39, 0.29) is 26.2 Å². The van der Waals surface area contributed by atoms with Crippen molar-refractivity contribution in [3.05, 3.63) is 55.0 Å². The van der Waals surface area contributed by atoms with Crippen molar-refractivity contribution in [2.75, 3.05) is 21.3 Å². The van der Waals surface area contributed by atoms with Crippen LogP contribution in [0.25, 0.3) is 17.5 Å². The third-order valence-electron chi connectivity index (χ3n) is 4.64. The summed E-state index contributed by atoms with van der Waals surface area (Å²) in [7, 11) is 4.17. The van der Waals surface area contributed by atoms with Gasteiger partial charge in [0.25, 0.3) is 11.5 Å². The van der Waals surface area contributed by atoms with Crippen LogP contribution in [0.4, 0.5) is 0 Å². The summed E-state index contributed by atoms with van der Waals surface area (Å²) in [5.41, 5.74) is 6.44. The van der Waals surface area contributed by atoms with Crippen molar-refractivity contribution in [3.63, 3.8) is 0 Å². The summed E-state index contributed by atoms with van der Waals surface area (Å²) < 4.78 is 11.1. The van der Waals surface area contributed by atoms with Gasteiger partial charge in [-0.05, 0) is 17.7 Å². The molecule has 1 aliphatic heterocycles. The van der Waals surface area contributed by atoms with Crippen LogP contribution < -0.4 is 30.5 Å². The smallest absolute Gasteiger partial charge is 0.332 e. The van der Waals surface area contributed by atoms with Crippen LogP contribution in [0.5, 0.6) is 5.75 Å². The first kappa shape index (κ1) is 20.9. The van der Waals surface area contributed by atoms with E-state index >= 15 is 0 Å². The molecule has 0 saturated carbocycles. The summed E-state index contributed by atoms with van der Waals surface area (Å²) in [5, 5.41) is 12.4. The Morgan fingerprint density at radius 2 is 1.97 bits per heavy atom. The molecule has 0 fully saturated rings. The van der Waals surface area contributed by atoms with Crippen LogP contribution in [-0.4, -0.2) is 37.7 Å². The lowest BCUT2D eigenvalue weighted by atomic mass is 9.83. The Balaban J connectivity index is 2.44. The van der Waals surface area contributed by atoms with Crippen molar-refractivity contribution in [1.82, 2.24) is 9.88 Å². The van der Waals surface area contributed by atoms with Gasteiger partial charge in [-0.2, -0.15) is 5.26 Å². The molecule has 154 valence electrons. The molecule has 0 saturated heterocycles. The van der Waals surface area contributed by atoms with E-state index in [0.29, 0.717) is 11.3 Å². The van der Waals surface area contributed by atoms with Gasteiger partial charge in [0, 0.05) is 13.1 Å². The average molecular weight is 426 g/mol. The van der Waals surface area contributed by atoms with Gasteiger partial charge in [0.1, 0.15) is 20.8 Å². The Bertz CT molecular complexity index is 1280. The highest BCUT2D eigenvalue weighted by Gasteiger charge is 2.35. The molecule has 2 heterocycles. The standard InChI is InChI=1S/C20H18N4O5S/c1-23-18(26)16-15(10-4-6-11(28-2)7-5-10)12(9-21)17(22)24-19(27)13(30-20(16)24)8-14(25)29-3/h4-8,15H,22H2,1-3H3,(H,23,26). The maximum absolute atomic E-state index is 12.9. The molecule has 3 N–H and O–H groups in total. The van der Waals surface area contributed by atoms with Crippen LogP contribution in [0.3, 0.4) is 0 Å². The molecule has 1 amide bonds. The molecule has 1 aliphatic rings. The molecule has 1 aromatic heterocycles. The number of hydrogen-bond acceptors (Lipinski definition) is 8. The maximum Gasteiger partial charge on any atom is 0.332 e. The zero-order valence-corrected chi connectivity index (χ0v) is 17.2. The molecule has 0 aliphatic carbocycles. The van der Waals surface area contributed by atoms with Gasteiger partial charge in [-0.1, -0.05) is 12.1 Å². The number of amides is 1. The number of ether oxygens (including phenoxy) is 2. The number of fused-ring (bicyclic) bond motifs is 1. The number of benzene rings is 1. The highest BCUT2D eigenvalue weighted by molar-refractivity contribution is 7.07. The number of rotatable bonds is 4. The number of nitrogens with one attached hydrogen (secondary N) is 1. The van der Waals surface area contributed by atoms with Crippen LogP contribution in [-0.2, 0) is 14.3 Å². The van der Waals surface area contributed by atoms with E-state index < -0.39 is 23.4 Å². The summed E-state index contributed by atoms with van der Waals surface area (Å²) in [6, 6.07) is 8.88. The average Bonchev–Trinajstić information content (AvgIpc) is 3.08. The Morgan fingerprint density at radius 1 is 1.30 bits per heavy atom. The Morgan fingerprint density at radius 3 is 2.50 bits per heavy atom. The molecule has 9 nitrogen and oxygen atoms in total. The molecule has 1 atom stereocenters. The van der Waals surface area contributed by atoms with E-state index in [4.69, 9.17) is 10.5 Å². The van der Waals surface area contributed by atoms with Gasteiger partial charge in [-0.25, -0.2) is 4.79 Å². The van der Waals surface area contributed by atoms with E-state index in [1.807, 2.05) is 6.07 Å². The summed E-state index contributed by atoms with van der Waals surface area (Å²) in [5.74, 6) is -1.48. The molecule has 10 heteroatoms. The van der Waals surface area contributed by atoms with Crippen molar-refractivity contribution in [2.45, 2.75) is 5.92 Å². The summed E-state index contributed by atoms with van der Waals surface area (Å²) in [6.45, 7) is 0. The fourth-order valence-corrected chi connectivity index (χ4v) is 4.33. The normalized spacial score (nSPS) is 16.0. The minimum atomic E-state index is -0.801. The van der Waals surface area contributed by atoms with Crippen LogP contribution in [0.2, 0.25) is 0 Å². The molecular formula is C20H18N4O5S. The first-order valence-corrected chi connectivity index (χ1v) is 9.51. The van der Waals surface area contributed by atoms with Crippen molar-refractivity contribution >= 4 is 40.7 Å². The monoisotopic (exact) mass is 426 g/mol. The fourth-order valence-electron chi connectivity index (χ4n) is 3.20. The molecule has 30 heavy (non-hydrogen) atoms. The lowest BCUT2D eigenvalue weighted by Gasteiger charge is -2.25. The van der Waals surface area contributed by atoms with Crippen molar-refractivity contribution in [2.24, 2.45) is 5.73 Å². The van der Waals surface area contributed by atoms with E-state index in [1.165, 1.54) is 21.3 Å². The zero-order chi connectivity index (χ0) is 22.0. The number of nitrogens with zero attached hydrogens (tertiary/aromatic N) is 2. The van der Waals surface area contributed by atoms with Crippen LogP contribution in [0, 0.1) is 11.3 Å². The third kappa shape index (κ3) is 3.35. The van der Waals surface area contributed by atoms with E-state index in [0.717, 1.165) is 22.0 Å². The van der Waals surface area contributed by atoms with Gasteiger partial charge in [0.15, 0.2) is 0 Å². The van der Waals surface area contributed by atoms with E-state index in [2.05, 4.69) is 10.1 Å². The Kier molecular flexibility index (Phi) is 5.75. The number of hydrogen-bond donors (Lipinski definition) is 2. The predicted octanol–water partition coefficient (Wildman–Crippen LogP) is -0.783. The number of nitriles is 1. The minimum absolute atomic E-state index is 0.0360. The summed E-state index contributed by atoms with van der Waals surface area (Å²) >= 11 is 0.928. The van der Waals surface area contributed by atoms with Gasteiger partial charge in [0.05, 0.1) is 37.4 Å².